The molecule has 1 aromatic rings. The molecule has 88 valence electrons. The Morgan fingerprint density at radius 2 is 2.06 bits per heavy atom. The number of nitrogens with one attached hydrogen (secondary N) is 2. The van der Waals surface area contributed by atoms with Gasteiger partial charge in [-0.15, -0.1) is 0 Å². The van der Waals surface area contributed by atoms with Gasteiger partial charge in [0.15, 0.2) is 0 Å². The highest BCUT2D eigenvalue weighted by Crippen LogP contribution is 2.24. The van der Waals surface area contributed by atoms with Crippen LogP contribution in [-0.2, 0) is 4.79 Å². The molecule has 5 heteroatoms. The zero-order chi connectivity index (χ0) is 12.1. The van der Waals surface area contributed by atoms with Gasteiger partial charge < -0.3 is 10.6 Å². The Balaban J connectivity index is 2.54. The van der Waals surface area contributed by atoms with E-state index in [0.29, 0.717) is 15.7 Å². The second-order valence-corrected chi connectivity index (χ2v) is 4.54. The van der Waals surface area contributed by atoms with E-state index >= 15 is 0 Å². The SMILES string of the molecule is CC(C)NC(=O)CNc1cc(Cl)ccc1Cl. The molecule has 0 radical (unpaired) electrons. The monoisotopic (exact) mass is 260 g/mol. The summed E-state index contributed by atoms with van der Waals surface area (Å²) in [6.07, 6.45) is 0. The number of rotatable bonds is 4. The number of carbonyl (C=O) groups is 1. The Kier molecular flexibility index (Phi) is 4.90. The third-order valence-electron chi connectivity index (χ3n) is 1.82. The fourth-order valence-corrected chi connectivity index (χ4v) is 1.54. The predicted molar refractivity (Wildman–Crippen MR) is 68.2 cm³/mol. The maximum absolute atomic E-state index is 11.4. The van der Waals surface area contributed by atoms with Gasteiger partial charge in [-0.1, -0.05) is 23.2 Å². The molecule has 0 aromatic heterocycles. The van der Waals surface area contributed by atoms with Crippen LogP contribution in [0.5, 0.6) is 0 Å². The van der Waals surface area contributed by atoms with Crippen LogP contribution in [0.3, 0.4) is 0 Å². The maximum Gasteiger partial charge on any atom is 0.239 e. The van der Waals surface area contributed by atoms with Crippen molar-refractivity contribution in [2.24, 2.45) is 0 Å². The van der Waals surface area contributed by atoms with Crippen LogP contribution in [0.15, 0.2) is 18.2 Å². The Labute approximate surface area is 105 Å². The quantitative estimate of drug-likeness (QED) is 0.874. The van der Waals surface area contributed by atoms with Crippen molar-refractivity contribution >= 4 is 34.8 Å². The van der Waals surface area contributed by atoms with Crippen molar-refractivity contribution in [3.8, 4) is 0 Å². The van der Waals surface area contributed by atoms with Crippen molar-refractivity contribution in [1.29, 1.82) is 0 Å². The highest BCUT2D eigenvalue weighted by molar-refractivity contribution is 6.35. The Bertz CT molecular complexity index is 380. The van der Waals surface area contributed by atoms with Gasteiger partial charge in [0.05, 0.1) is 17.3 Å². The molecule has 0 spiro atoms. The van der Waals surface area contributed by atoms with E-state index in [1.807, 2.05) is 13.8 Å². The molecule has 0 aliphatic heterocycles. The molecular formula is C11H14Cl2N2O. The molecule has 2 N–H and O–H groups in total. The van der Waals surface area contributed by atoms with Gasteiger partial charge in [-0.2, -0.15) is 0 Å². The van der Waals surface area contributed by atoms with E-state index in [4.69, 9.17) is 23.2 Å². The molecule has 1 rings (SSSR count). The first-order chi connectivity index (χ1) is 7.49. The fraction of sp³-hybridized carbons (Fsp3) is 0.364. The first kappa shape index (κ1) is 13.1. The first-order valence-electron chi connectivity index (χ1n) is 4.97. The molecule has 0 unspecified atom stereocenters. The van der Waals surface area contributed by atoms with Crippen LogP contribution >= 0.6 is 23.2 Å². The molecule has 0 saturated carbocycles. The summed E-state index contributed by atoms with van der Waals surface area (Å²) in [4.78, 5) is 11.4. The number of anilines is 1. The molecule has 0 fully saturated rings. The highest BCUT2D eigenvalue weighted by atomic mass is 35.5. The molecule has 16 heavy (non-hydrogen) atoms. The van der Waals surface area contributed by atoms with E-state index in [0.717, 1.165) is 0 Å². The van der Waals surface area contributed by atoms with Crippen LogP contribution < -0.4 is 10.6 Å². The minimum atomic E-state index is -0.0777. The van der Waals surface area contributed by atoms with Crippen molar-refractivity contribution < 1.29 is 4.79 Å². The van der Waals surface area contributed by atoms with Crippen LogP contribution in [-0.4, -0.2) is 18.5 Å². The molecule has 0 aliphatic carbocycles. The Morgan fingerprint density at radius 3 is 2.69 bits per heavy atom. The maximum atomic E-state index is 11.4. The lowest BCUT2D eigenvalue weighted by atomic mass is 10.3. The summed E-state index contributed by atoms with van der Waals surface area (Å²) in [5.41, 5.74) is 0.660. The average molecular weight is 261 g/mol. The van der Waals surface area contributed by atoms with Crippen molar-refractivity contribution in [1.82, 2.24) is 5.32 Å². The number of benzene rings is 1. The molecule has 1 amide bonds. The summed E-state index contributed by atoms with van der Waals surface area (Å²) >= 11 is 11.7. The lowest BCUT2D eigenvalue weighted by Crippen LogP contribution is -2.34. The Morgan fingerprint density at radius 1 is 1.38 bits per heavy atom. The van der Waals surface area contributed by atoms with Crippen LogP contribution in [0.4, 0.5) is 5.69 Å². The van der Waals surface area contributed by atoms with Crippen LogP contribution in [0.1, 0.15) is 13.8 Å². The van der Waals surface area contributed by atoms with E-state index in [-0.39, 0.29) is 18.5 Å². The van der Waals surface area contributed by atoms with Crippen molar-refractivity contribution in [3.63, 3.8) is 0 Å². The van der Waals surface area contributed by atoms with Gasteiger partial charge in [-0.05, 0) is 32.0 Å². The molecule has 0 bridgehead atoms. The van der Waals surface area contributed by atoms with Crippen LogP contribution in [0.2, 0.25) is 10.0 Å². The molecule has 0 heterocycles. The fourth-order valence-electron chi connectivity index (χ4n) is 1.18. The van der Waals surface area contributed by atoms with E-state index in [1.165, 1.54) is 0 Å². The van der Waals surface area contributed by atoms with Gasteiger partial charge in [0.25, 0.3) is 0 Å². The third kappa shape index (κ3) is 4.29. The van der Waals surface area contributed by atoms with Gasteiger partial charge >= 0.3 is 0 Å². The number of carbonyl (C=O) groups excluding carboxylic acids is 1. The van der Waals surface area contributed by atoms with Gasteiger partial charge in [0.1, 0.15) is 0 Å². The average Bonchev–Trinajstić information content (AvgIpc) is 2.18. The first-order valence-corrected chi connectivity index (χ1v) is 5.73. The zero-order valence-corrected chi connectivity index (χ0v) is 10.7. The molecular weight excluding hydrogens is 247 g/mol. The van der Waals surface area contributed by atoms with Crippen molar-refractivity contribution in [3.05, 3.63) is 28.2 Å². The van der Waals surface area contributed by atoms with Crippen molar-refractivity contribution in [2.45, 2.75) is 19.9 Å². The smallest absolute Gasteiger partial charge is 0.239 e. The zero-order valence-electron chi connectivity index (χ0n) is 9.18. The normalized spacial score (nSPS) is 10.3. The molecule has 0 atom stereocenters. The number of amides is 1. The summed E-state index contributed by atoms with van der Waals surface area (Å²) in [7, 11) is 0. The summed E-state index contributed by atoms with van der Waals surface area (Å²) in [6, 6.07) is 5.20. The van der Waals surface area contributed by atoms with E-state index < -0.39 is 0 Å². The number of halogens is 2. The van der Waals surface area contributed by atoms with Gasteiger partial charge in [0, 0.05) is 11.1 Å². The topological polar surface area (TPSA) is 41.1 Å². The third-order valence-corrected chi connectivity index (χ3v) is 2.38. The molecule has 0 aliphatic rings. The van der Waals surface area contributed by atoms with Crippen molar-refractivity contribution in [2.75, 3.05) is 11.9 Å². The molecule has 0 saturated heterocycles. The summed E-state index contributed by atoms with van der Waals surface area (Å²) < 4.78 is 0. The lowest BCUT2D eigenvalue weighted by molar-refractivity contribution is -0.119. The summed E-state index contributed by atoms with van der Waals surface area (Å²) in [5.74, 6) is -0.0777. The summed E-state index contributed by atoms with van der Waals surface area (Å²) in [5, 5.41) is 6.82. The largest absolute Gasteiger partial charge is 0.375 e. The van der Waals surface area contributed by atoms with Crippen LogP contribution in [0, 0.1) is 0 Å². The summed E-state index contributed by atoms with van der Waals surface area (Å²) in [6.45, 7) is 3.99. The minimum absolute atomic E-state index is 0.0777. The van der Waals surface area contributed by atoms with Gasteiger partial charge in [0.2, 0.25) is 5.91 Å². The number of hydrogen-bond donors (Lipinski definition) is 2. The second kappa shape index (κ2) is 5.97. The van der Waals surface area contributed by atoms with E-state index in [2.05, 4.69) is 10.6 Å². The van der Waals surface area contributed by atoms with Crippen LogP contribution in [0.25, 0.3) is 0 Å². The van der Waals surface area contributed by atoms with Gasteiger partial charge in [-0.3, -0.25) is 4.79 Å². The standard InChI is InChI=1S/C11H14Cl2N2O/c1-7(2)15-11(16)6-14-10-5-8(12)3-4-9(10)13/h3-5,7,14H,6H2,1-2H3,(H,15,16). The number of hydrogen-bond acceptors (Lipinski definition) is 2. The minimum Gasteiger partial charge on any atom is -0.375 e. The van der Waals surface area contributed by atoms with Gasteiger partial charge in [-0.25, -0.2) is 0 Å². The predicted octanol–water partition coefficient (Wildman–Crippen LogP) is 2.93. The van der Waals surface area contributed by atoms with E-state index in [9.17, 15) is 4.79 Å². The van der Waals surface area contributed by atoms with E-state index in [1.54, 1.807) is 18.2 Å². The highest BCUT2D eigenvalue weighted by Gasteiger charge is 2.05. The molecule has 3 nitrogen and oxygen atoms in total. The molecule has 1 aromatic carbocycles. The second-order valence-electron chi connectivity index (χ2n) is 3.70. The lowest BCUT2D eigenvalue weighted by Gasteiger charge is -2.11. The Hall–Kier alpha value is -0.930.